The number of thiophene rings is 1. The number of ether oxygens (including phenoxy) is 2. The van der Waals surface area contributed by atoms with Gasteiger partial charge in [0.2, 0.25) is 11.8 Å². The van der Waals surface area contributed by atoms with Gasteiger partial charge in [-0.05, 0) is 86.8 Å². The molecule has 1 aliphatic carbocycles. The molecule has 1 aromatic carbocycles. The Labute approximate surface area is 238 Å². The Hall–Kier alpha value is -2.58. The quantitative estimate of drug-likeness (QED) is 0.342. The largest absolute Gasteiger partial charge is 0.493 e. The number of methoxy groups -OCH3 is 2. The number of nitrogens with zero attached hydrogens (tertiary/aromatic N) is 3. The zero-order chi connectivity index (χ0) is 27.6. The first-order valence-corrected chi connectivity index (χ1v) is 15.4. The molecule has 0 atom stereocenters. The van der Waals surface area contributed by atoms with Crippen molar-refractivity contribution < 1.29 is 19.1 Å². The second-order valence-electron chi connectivity index (χ2n) is 10.9. The third-order valence-corrected chi connectivity index (χ3v) is 9.26. The van der Waals surface area contributed by atoms with Crippen molar-refractivity contribution in [3.63, 3.8) is 0 Å². The van der Waals surface area contributed by atoms with E-state index < -0.39 is 0 Å². The first-order valence-electron chi connectivity index (χ1n) is 14.5. The highest BCUT2D eigenvalue weighted by molar-refractivity contribution is 7.10. The number of aryl methyl sites for hydroxylation is 1. The summed E-state index contributed by atoms with van der Waals surface area (Å²) in [6.07, 6.45) is 8.47. The molecule has 1 saturated heterocycles. The number of carbonyl (C=O) groups excluding carboxylic acids is 2. The first-order chi connectivity index (χ1) is 19.0. The molecule has 0 bridgehead atoms. The van der Waals surface area contributed by atoms with Crippen LogP contribution in [0.4, 0.5) is 0 Å². The van der Waals surface area contributed by atoms with E-state index in [1.807, 2.05) is 28.0 Å². The molecule has 0 spiro atoms. The Kier molecular flexibility index (Phi) is 11.1. The van der Waals surface area contributed by atoms with E-state index in [1.54, 1.807) is 25.6 Å². The fourth-order valence-corrected chi connectivity index (χ4v) is 6.66. The molecule has 1 aromatic heterocycles. The van der Waals surface area contributed by atoms with Crippen LogP contribution in [0.1, 0.15) is 60.9 Å². The third kappa shape index (κ3) is 8.21. The Balaban J connectivity index is 1.48. The van der Waals surface area contributed by atoms with Crippen LogP contribution in [0.3, 0.4) is 0 Å². The molecule has 0 radical (unpaired) electrons. The van der Waals surface area contributed by atoms with Crippen molar-refractivity contribution in [1.29, 1.82) is 0 Å². The highest BCUT2D eigenvalue weighted by Gasteiger charge is 2.29. The van der Waals surface area contributed by atoms with Gasteiger partial charge in [-0.25, -0.2) is 0 Å². The molecular weight excluding hydrogens is 510 g/mol. The van der Waals surface area contributed by atoms with E-state index in [1.165, 1.54) is 29.7 Å². The van der Waals surface area contributed by atoms with E-state index in [0.29, 0.717) is 37.6 Å². The van der Waals surface area contributed by atoms with E-state index in [0.717, 1.165) is 50.9 Å². The van der Waals surface area contributed by atoms with Gasteiger partial charge in [0, 0.05) is 30.4 Å². The van der Waals surface area contributed by atoms with Crippen LogP contribution in [0.25, 0.3) is 0 Å². The van der Waals surface area contributed by atoms with Gasteiger partial charge in [0.1, 0.15) is 0 Å². The van der Waals surface area contributed by atoms with Crippen LogP contribution in [0, 0.1) is 12.8 Å². The lowest BCUT2D eigenvalue weighted by Gasteiger charge is -2.32. The van der Waals surface area contributed by atoms with Gasteiger partial charge in [-0.2, -0.15) is 0 Å². The van der Waals surface area contributed by atoms with Crippen molar-refractivity contribution in [3.05, 3.63) is 45.6 Å². The maximum atomic E-state index is 13.9. The number of rotatable bonds is 13. The van der Waals surface area contributed by atoms with E-state index in [9.17, 15) is 9.59 Å². The van der Waals surface area contributed by atoms with Gasteiger partial charge < -0.3 is 24.2 Å². The minimum atomic E-state index is 0.0221. The summed E-state index contributed by atoms with van der Waals surface area (Å²) < 4.78 is 10.9. The summed E-state index contributed by atoms with van der Waals surface area (Å²) in [6.45, 7) is 7.04. The molecule has 2 heterocycles. The van der Waals surface area contributed by atoms with Gasteiger partial charge in [-0.1, -0.05) is 25.3 Å². The average Bonchev–Trinajstić information content (AvgIpc) is 3.64. The highest BCUT2D eigenvalue weighted by Crippen LogP contribution is 2.28. The first kappa shape index (κ1) is 29.4. The summed E-state index contributed by atoms with van der Waals surface area (Å²) in [6, 6.07) is 8.01. The molecule has 2 aliphatic rings. The van der Waals surface area contributed by atoms with Crippen LogP contribution in [0.15, 0.2) is 29.6 Å². The monoisotopic (exact) mass is 555 g/mol. The summed E-state index contributed by atoms with van der Waals surface area (Å²) in [5.41, 5.74) is 2.28. The summed E-state index contributed by atoms with van der Waals surface area (Å²) in [4.78, 5) is 35.0. The van der Waals surface area contributed by atoms with Gasteiger partial charge >= 0.3 is 0 Å². The number of hydrogen-bond donors (Lipinski definition) is 0. The summed E-state index contributed by atoms with van der Waals surface area (Å²) >= 11 is 1.69. The number of likely N-dealkylation sites (tertiary alicyclic amines) is 1. The second-order valence-corrected chi connectivity index (χ2v) is 11.9. The van der Waals surface area contributed by atoms with Crippen LogP contribution >= 0.6 is 11.3 Å². The van der Waals surface area contributed by atoms with Crippen molar-refractivity contribution in [1.82, 2.24) is 14.7 Å². The predicted octanol–water partition coefficient (Wildman–Crippen LogP) is 5.15. The fourth-order valence-electron chi connectivity index (χ4n) is 5.74. The molecule has 2 fully saturated rings. The summed E-state index contributed by atoms with van der Waals surface area (Å²) in [5.74, 6) is 1.64. The van der Waals surface area contributed by atoms with Crippen molar-refractivity contribution in [2.75, 3.05) is 53.5 Å². The average molecular weight is 556 g/mol. The number of amides is 2. The van der Waals surface area contributed by atoms with E-state index in [2.05, 4.69) is 23.3 Å². The zero-order valence-electron chi connectivity index (χ0n) is 24.0. The molecule has 0 N–H and O–H groups in total. The molecule has 0 unspecified atom stereocenters. The van der Waals surface area contributed by atoms with Crippen molar-refractivity contribution >= 4 is 23.2 Å². The molecule has 7 nitrogen and oxygen atoms in total. The van der Waals surface area contributed by atoms with Crippen LogP contribution in [0.2, 0.25) is 0 Å². The van der Waals surface area contributed by atoms with Crippen LogP contribution in [-0.4, -0.2) is 80.0 Å². The molecular formula is C31H45N3O4S. The summed E-state index contributed by atoms with van der Waals surface area (Å²) in [5, 5.41) is 2.08. The van der Waals surface area contributed by atoms with Crippen molar-refractivity contribution in [2.24, 2.45) is 5.92 Å². The highest BCUT2D eigenvalue weighted by atomic mass is 32.1. The topological polar surface area (TPSA) is 62.3 Å². The Morgan fingerprint density at radius 2 is 1.69 bits per heavy atom. The van der Waals surface area contributed by atoms with Crippen LogP contribution in [0.5, 0.6) is 11.5 Å². The third-order valence-electron chi connectivity index (χ3n) is 8.25. The van der Waals surface area contributed by atoms with Gasteiger partial charge in [-0.3, -0.25) is 9.59 Å². The predicted molar refractivity (Wildman–Crippen MR) is 157 cm³/mol. The fraction of sp³-hybridized carbons (Fsp3) is 0.613. The van der Waals surface area contributed by atoms with E-state index in [4.69, 9.17) is 9.47 Å². The molecule has 214 valence electrons. The smallest absolute Gasteiger partial charge is 0.242 e. The number of carbonyl (C=O) groups is 2. The SMILES string of the molecule is COc1ccc(CCN(Cc2sccc2C)C(=O)CN(CCN2CCCC2)C(=O)C2CCCCC2)cc1OC. The number of hydrogen-bond acceptors (Lipinski definition) is 6. The minimum Gasteiger partial charge on any atom is -0.493 e. The van der Waals surface area contributed by atoms with Gasteiger partial charge in [0.15, 0.2) is 11.5 Å². The molecule has 2 aromatic rings. The molecule has 1 saturated carbocycles. The number of benzene rings is 1. The second kappa shape index (κ2) is 14.7. The van der Waals surface area contributed by atoms with E-state index >= 15 is 0 Å². The van der Waals surface area contributed by atoms with E-state index in [-0.39, 0.29) is 24.3 Å². The summed E-state index contributed by atoms with van der Waals surface area (Å²) in [7, 11) is 3.27. The Bertz CT molecular complexity index is 1080. The normalized spacial score (nSPS) is 16.3. The van der Waals surface area contributed by atoms with Gasteiger partial charge in [0.05, 0.1) is 27.3 Å². The zero-order valence-corrected chi connectivity index (χ0v) is 24.8. The lowest BCUT2D eigenvalue weighted by molar-refractivity contribution is -0.144. The molecule has 4 rings (SSSR count). The molecule has 1 aliphatic heterocycles. The minimum absolute atomic E-state index is 0.0221. The maximum absolute atomic E-state index is 13.9. The van der Waals surface area contributed by atoms with Crippen LogP contribution < -0.4 is 9.47 Å². The van der Waals surface area contributed by atoms with Gasteiger partial charge in [0.25, 0.3) is 0 Å². The lowest BCUT2D eigenvalue weighted by atomic mass is 9.88. The van der Waals surface area contributed by atoms with Crippen molar-refractivity contribution in [2.45, 2.75) is 64.8 Å². The van der Waals surface area contributed by atoms with Crippen molar-refractivity contribution in [3.8, 4) is 11.5 Å². The maximum Gasteiger partial charge on any atom is 0.242 e. The Morgan fingerprint density at radius 1 is 0.949 bits per heavy atom. The molecule has 39 heavy (non-hydrogen) atoms. The lowest BCUT2D eigenvalue weighted by Crippen LogP contribution is -2.47. The standard InChI is InChI=1S/C31H45N3O4S/c1-24-14-20-39-29(24)22-33(17-13-25-11-12-27(37-2)28(21-25)38-3)30(35)23-34(19-18-32-15-7-8-16-32)31(36)26-9-5-4-6-10-26/h11-12,14,20-21,26H,4-10,13,15-19,22-23H2,1-3H3. The Morgan fingerprint density at radius 3 is 2.36 bits per heavy atom. The molecule has 2 amide bonds. The van der Waals surface area contributed by atoms with Crippen LogP contribution in [-0.2, 0) is 22.6 Å². The van der Waals surface area contributed by atoms with Gasteiger partial charge in [-0.15, -0.1) is 11.3 Å². The molecule has 8 heteroatoms.